The standard InChI is InChI=1S/C9H14OS/c10-7-3-1-5-9-6-2-4-8-11-9/h1,5,7,9H,2-4,6,8H2/b5-1-. The highest BCUT2D eigenvalue weighted by atomic mass is 32.2. The van der Waals surface area contributed by atoms with E-state index in [2.05, 4.69) is 6.08 Å². The van der Waals surface area contributed by atoms with Gasteiger partial charge >= 0.3 is 0 Å². The Morgan fingerprint density at radius 2 is 2.36 bits per heavy atom. The maximum Gasteiger partial charge on any atom is 0.123 e. The van der Waals surface area contributed by atoms with Crippen LogP contribution in [-0.4, -0.2) is 17.3 Å². The molecule has 0 spiro atoms. The predicted molar refractivity (Wildman–Crippen MR) is 49.9 cm³/mol. The van der Waals surface area contributed by atoms with E-state index >= 15 is 0 Å². The third-order valence-corrected chi connectivity index (χ3v) is 3.14. The number of hydrogen-bond acceptors (Lipinski definition) is 2. The number of aldehydes is 1. The van der Waals surface area contributed by atoms with Crippen LogP contribution in [0.4, 0.5) is 0 Å². The summed E-state index contributed by atoms with van der Waals surface area (Å²) in [7, 11) is 0. The van der Waals surface area contributed by atoms with Crippen LogP contribution in [0.5, 0.6) is 0 Å². The fourth-order valence-corrected chi connectivity index (χ4v) is 2.43. The molecule has 1 aliphatic rings. The number of carbonyl (C=O) groups excluding carboxylic acids is 1. The second kappa shape index (κ2) is 5.42. The van der Waals surface area contributed by atoms with Crippen molar-refractivity contribution in [1.82, 2.24) is 0 Å². The molecule has 0 aromatic heterocycles. The molecular formula is C9H14OS. The Morgan fingerprint density at radius 3 is 3.00 bits per heavy atom. The van der Waals surface area contributed by atoms with Crippen molar-refractivity contribution in [3.8, 4) is 0 Å². The zero-order valence-electron chi connectivity index (χ0n) is 6.66. The van der Waals surface area contributed by atoms with E-state index in [9.17, 15) is 4.79 Å². The Balaban J connectivity index is 2.18. The third-order valence-electron chi connectivity index (χ3n) is 1.80. The third kappa shape index (κ3) is 3.61. The lowest BCUT2D eigenvalue weighted by molar-refractivity contribution is -0.107. The average Bonchev–Trinajstić information content (AvgIpc) is 2.07. The van der Waals surface area contributed by atoms with Crippen molar-refractivity contribution < 1.29 is 4.79 Å². The molecule has 1 aliphatic heterocycles. The summed E-state index contributed by atoms with van der Waals surface area (Å²) in [5.74, 6) is 1.29. The number of carbonyl (C=O) groups is 1. The van der Waals surface area contributed by atoms with Crippen LogP contribution < -0.4 is 0 Å². The van der Waals surface area contributed by atoms with Gasteiger partial charge in [0.2, 0.25) is 0 Å². The summed E-state index contributed by atoms with van der Waals surface area (Å²) in [6.07, 6.45) is 9.70. The van der Waals surface area contributed by atoms with E-state index < -0.39 is 0 Å². The highest BCUT2D eigenvalue weighted by Gasteiger charge is 2.09. The number of hydrogen-bond donors (Lipinski definition) is 0. The van der Waals surface area contributed by atoms with Crippen molar-refractivity contribution >= 4 is 18.0 Å². The first-order chi connectivity index (χ1) is 5.43. The first-order valence-electron chi connectivity index (χ1n) is 4.15. The minimum atomic E-state index is 0.580. The molecule has 1 rings (SSSR count). The van der Waals surface area contributed by atoms with Gasteiger partial charge in [0.1, 0.15) is 6.29 Å². The van der Waals surface area contributed by atoms with Gasteiger partial charge in [0.15, 0.2) is 0 Å². The van der Waals surface area contributed by atoms with E-state index in [1.54, 1.807) is 0 Å². The maximum atomic E-state index is 9.99. The van der Waals surface area contributed by atoms with Crippen LogP contribution in [0.15, 0.2) is 12.2 Å². The van der Waals surface area contributed by atoms with Gasteiger partial charge in [-0.15, -0.1) is 0 Å². The fraction of sp³-hybridized carbons (Fsp3) is 0.667. The molecule has 0 amide bonds. The Hall–Kier alpha value is -0.240. The van der Waals surface area contributed by atoms with Crippen molar-refractivity contribution in [3.63, 3.8) is 0 Å². The molecular weight excluding hydrogens is 156 g/mol. The Labute approximate surface area is 72.2 Å². The zero-order valence-corrected chi connectivity index (χ0v) is 7.48. The van der Waals surface area contributed by atoms with Crippen LogP contribution in [0.25, 0.3) is 0 Å². The van der Waals surface area contributed by atoms with E-state index in [4.69, 9.17) is 0 Å². The molecule has 1 nitrogen and oxygen atoms in total. The lowest BCUT2D eigenvalue weighted by atomic mass is 10.2. The van der Waals surface area contributed by atoms with Crippen molar-refractivity contribution in [2.45, 2.75) is 30.9 Å². The van der Waals surface area contributed by atoms with Gasteiger partial charge in [-0.25, -0.2) is 0 Å². The molecule has 62 valence electrons. The van der Waals surface area contributed by atoms with Crippen LogP contribution in [0.3, 0.4) is 0 Å². The lowest BCUT2D eigenvalue weighted by Crippen LogP contribution is -2.05. The zero-order chi connectivity index (χ0) is 7.94. The van der Waals surface area contributed by atoms with Crippen LogP contribution >= 0.6 is 11.8 Å². The molecule has 1 unspecified atom stereocenters. The lowest BCUT2D eigenvalue weighted by Gasteiger charge is -2.17. The number of thioether (sulfide) groups is 1. The molecule has 0 aromatic carbocycles. The van der Waals surface area contributed by atoms with Crippen LogP contribution in [-0.2, 0) is 4.79 Å². The molecule has 0 aromatic rings. The maximum absolute atomic E-state index is 9.99. The molecule has 0 aliphatic carbocycles. The molecule has 1 fully saturated rings. The van der Waals surface area contributed by atoms with Crippen molar-refractivity contribution in [1.29, 1.82) is 0 Å². The summed E-state index contributed by atoms with van der Waals surface area (Å²) < 4.78 is 0. The van der Waals surface area contributed by atoms with Gasteiger partial charge in [-0.1, -0.05) is 18.6 Å². The minimum absolute atomic E-state index is 0.580. The smallest absolute Gasteiger partial charge is 0.123 e. The van der Waals surface area contributed by atoms with Gasteiger partial charge in [-0.3, -0.25) is 0 Å². The molecule has 1 heterocycles. The van der Waals surface area contributed by atoms with E-state index in [0.717, 1.165) is 6.29 Å². The Morgan fingerprint density at radius 1 is 1.45 bits per heavy atom. The van der Waals surface area contributed by atoms with Crippen molar-refractivity contribution in [2.24, 2.45) is 0 Å². The molecule has 11 heavy (non-hydrogen) atoms. The SMILES string of the molecule is O=CC/C=C\C1CCCCS1. The Kier molecular flexibility index (Phi) is 4.36. The van der Waals surface area contributed by atoms with E-state index in [1.165, 1.54) is 25.0 Å². The molecule has 1 atom stereocenters. The largest absolute Gasteiger partial charge is 0.303 e. The first-order valence-corrected chi connectivity index (χ1v) is 5.20. The number of rotatable bonds is 3. The predicted octanol–water partition coefficient (Wildman–Crippen LogP) is 2.42. The Bertz CT molecular complexity index is 136. The molecule has 0 saturated carbocycles. The van der Waals surface area contributed by atoms with Gasteiger partial charge in [-0.05, 0) is 18.6 Å². The van der Waals surface area contributed by atoms with E-state index in [1.807, 2.05) is 17.8 Å². The topological polar surface area (TPSA) is 17.1 Å². The van der Waals surface area contributed by atoms with Gasteiger partial charge < -0.3 is 4.79 Å². The summed E-state index contributed by atoms with van der Waals surface area (Å²) in [5, 5.41) is 0.684. The van der Waals surface area contributed by atoms with Crippen LogP contribution in [0.2, 0.25) is 0 Å². The summed E-state index contributed by atoms with van der Waals surface area (Å²) in [4.78, 5) is 9.99. The molecule has 1 saturated heterocycles. The van der Waals surface area contributed by atoms with Crippen molar-refractivity contribution in [3.05, 3.63) is 12.2 Å². The molecule has 0 bridgehead atoms. The minimum Gasteiger partial charge on any atom is -0.303 e. The van der Waals surface area contributed by atoms with E-state index in [0.29, 0.717) is 11.7 Å². The highest BCUT2D eigenvalue weighted by Crippen LogP contribution is 2.25. The summed E-state index contributed by atoms with van der Waals surface area (Å²) in [5.41, 5.74) is 0. The van der Waals surface area contributed by atoms with Gasteiger partial charge in [0.25, 0.3) is 0 Å². The second-order valence-corrected chi connectivity index (χ2v) is 4.08. The van der Waals surface area contributed by atoms with E-state index in [-0.39, 0.29) is 0 Å². The molecule has 0 radical (unpaired) electrons. The first kappa shape index (κ1) is 8.85. The van der Waals surface area contributed by atoms with Gasteiger partial charge in [0.05, 0.1) is 0 Å². The fourth-order valence-electron chi connectivity index (χ4n) is 1.20. The van der Waals surface area contributed by atoms with Crippen molar-refractivity contribution in [2.75, 3.05) is 5.75 Å². The quantitative estimate of drug-likeness (QED) is 0.478. The number of allylic oxidation sites excluding steroid dienone is 1. The summed E-state index contributed by atoms with van der Waals surface area (Å²) in [6.45, 7) is 0. The highest BCUT2D eigenvalue weighted by molar-refractivity contribution is 8.00. The van der Waals surface area contributed by atoms with Crippen LogP contribution in [0, 0.1) is 0 Å². The second-order valence-electron chi connectivity index (χ2n) is 2.74. The summed E-state index contributed by atoms with van der Waals surface area (Å²) in [6, 6.07) is 0. The van der Waals surface area contributed by atoms with Gasteiger partial charge in [-0.2, -0.15) is 11.8 Å². The summed E-state index contributed by atoms with van der Waals surface area (Å²) >= 11 is 2.01. The molecule has 2 heteroatoms. The van der Waals surface area contributed by atoms with Crippen LogP contribution in [0.1, 0.15) is 25.7 Å². The monoisotopic (exact) mass is 170 g/mol. The normalized spacial score (nSPS) is 25.6. The average molecular weight is 170 g/mol. The van der Waals surface area contributed by atoms with Gasteiger partial charge in [0, 0.05) is 11.7 Å². The molecule has 0 N–H and O–H groups in total.